The number of aromatic nitrogens is 2. The van der Waals surface area contributed by atoms with Crippen LogP contribution in [-0.2, 0) is 11.3 Å². The predicted octanol–water partition coefficient (Wildman–Crippen LogP) is 3.91. The second-order valence-electron chi connectivity index (χ2n) is 5.90. The van der Waals surface area contributed by atoms with Crippen LogP contribution < -0.4 is 4.74 Å². The molecule has 21 heavy (non-hydrogen) atoms. The molecule has 2 unspecified atom stereocenters. The summed E-state index contributed by atoms with van der Waals surface area (Å²) >= 11 is 6.34. The van der Waals surface area contributed by atoms with Gasteiger partial charge in [0.05, 0.1) is 30.1 Å². The Balaban J connectivity index is 2.12. The molecule has 0 bridgehead atoms. The summed E-state index contributed by atoms with van der Waals surface area (Å²) in [7, 11) is 1.67. The van der Waals surface area contributed by atoms with Gasteiger partial charge in [0.1, 0.15) is 17.1 Å². The summed E-state index contributed by atoms with van der Waals surface area (Å²) in [6.07, 6.45) is 2.17. The van der Waals surface area contributed by atoms with Gasteiger partial charge in [0, 0.05) is 6.61 Å². The summed E-state index contributed by atoms with van der Waals surface area (Å²) in [6, 6.07) is 5.97. The smallest absolute Gasteiger partial charge is 0.146 e. The number of methoxy groups -OCH3 is 1. The topological polar surface area (TPSA) is 36.3 Å². The highest BCUT2D eigenvalue weighted by molar-refractivity contribution is 6.20. The van der Waals surface area contributed by atoms with Gasteiger partial charge in [0.2, 0.25) is 0 Å². The van der Waals surface area contributed by atoms with Gasteiger partial charge in [-0.05, 0) is 38.8 Å². The van der Waals surface area contributed by atoms with Crippen LogP contribution in [0.2, 0.25) is 0 Å². The van der Waals surface area contributed by atoms with Gasteiger partial charge in [0.15, 0.2) is 0 Å². The first kappa shape index (κ1) is 14.7. The Morgan fingerprint density at radius 2 is 2.33 bits per heavy atom. The van der Waals surface area contributed by atoms with Crippen LogP contribution in [0.3, 0.4) is 0 Å². The molecule has 1 aromatic heterocycles. The van der Waals surface area contributed by atoms with E-state index in [9.17, 15) is 0 Å². The van der Waals surface area contributed by atoms with Crippen molar-refractivity contribution in [3.05, 3.63) is 24.0 Å². The zero-order valence-corrected chi connectivity index (χ0v) is 13.5. The molecule has 1 aliphatic rings. The molecule has 0 amide bonds. The Morgan fingerprint density at radius 1 is 1.52 bits per heavy atom. The third kappa shape index (κ3) is 2.62. The Morgan fingerprint density at radius 3 is 2.95 bits per heavy atom. The van der Waals surface area contributed by atoms with E-state index in [2.05, 4.69) is 17.6 Å². The molecule has 1 saturated heterocycles. The highest BCUT2D eigenvalue weighted by Crippen LogP contribution is 2.34. The molecule has 0 spiro atoms. The number of fused-ring (bicyclic) bond motifs is 1. The van der Waals surface area contributed by atoms with Crippen LogP contribution in [-0.4, -0.2) is 28.9 Å². The summed E-state index contributed by atoms with van der Waals surface area (Å²) in [6.45, 7) is 5.71. The monoisotopic (exact) mass is 308 g/mol. The van der Waals surface area contributed by atoms with Crippen LogP contribution in [0.4, 0.5) is 0 Å². The van der Waals surface area contributed by atoms with Gasteiger partial charge in [-0.15, -0.1) is 11.6 Å². The molecule has 5 heteroatoms. The average molecular weight is 309 g/mol. The zero-order chi connectivity index (χ0) is 15.0. The van der Waals surface area contributed by atoms with Crippen molar-refractivity contribution in [1.29, 1.82) is 0 Å². The van der Waals surface area contributed by atoms with Crippen molar-refractivity contribution in [3.63, 3.8) is 0 Å². The number of nitrogens with zero attached hydrogens (tertiary/aromatic N) is 2. The molecule has 4 nitrogen and oxygen atoms in total. The second-order valence-corrected chi connectivity index (χ2v) is 6.56. The van der Waals surface area contributed by atoms with Gasteiger partial charge in [-0.25, -0.2) is 4.98 Å². The fourth-order valence-electron chi connectivity index (χ4n) is 3.07. The number of ether oxygens (including phenoxy) is 2. The second kappa shape index (κ2) is 5.50. The third-order valence-electron chi connectivity index (χ3n) is 4.14. The van der Waals surface area contributed by atoms with E-state index < -0.39 is 0 Å². The molecule has 114 valence electrons. The van der Waals surface area contributed by atoms with Crippen LogP contribution in [0.1, 0.15) is 37.9 Å². The highest BCUT2D eigenvalue weighted by atomic mass is 35.5. The van der Waals surface area contributed by atoms with Crippen molar-refractivity contribution >= 4 is 22.6 Å². The van der Waals surface area contributed by atoms with Gasteiger partial charge in [-0.3, -0.25) is 0 Å². The molecule has 0 aliphatic carbocycles. The van der Waals surface area contributed by atoms with Crippen LogP contribution in [0.25, 0.3) is 11.0 Å². The maximum absolute atomic E-state index is 6.34. The van der Waals surface area contributed by atoms with Crippen molar-refractivity contribution in [3.8, 4) is 5.75 Å². The molecule has 1 aliphatic heterocycles. The first-order valence-electron chi connectivity index (χ1n) is 7.35. The lowest BCUT2D eigenvalue weighted by Crippen LogP contribution is -2.30. The molecule has 1 aromatic carbocycles. The number of benzene rings is 1. The van der Waals surface area contributed by atoms with Crippen molar-refractivity contribution < 1.29 is 9.47 Å². The van der Waals surface area contributed by atoms with Gasteiger partial charge in [-0.2, -0.15) is 0 Å². The highest BCUT2D eigenvalue weighted by Gasteiger charge is 2.32. The average Bonchev–Trinajstić information content (AvgIpc) is 3.04. The van der Waals surface area contributed by atoms with Gasteiger partial charge >= 0.3 is 0 Å². The summed E-state index contributed by atoms with van der Waals surface area (Å²) in [4.78, 5) is 4.71. The summed E-state index contributed by atoms with van der Waals surface area (Å²) in [5.74, 6) is 1.65. The third-order valence-corrected chi connectivity index (χ3v) is 4.34. The first-order chi connectivity index (χ1) is 10.0. The molecular formula is C16H21ClN2O2. The fourth-order valence-corrected chi connectivity index (χ4v) is 3.24. The molecule has 0 N–H and O–H groups in total. The molecule has 0 saturated carbocycles. The van der Waals surface area contributed by atoms with Crippen molar-refractivity contribution in [2.24, 2.45) is 0 Å². The minimum absolute atomic E-state index is 0.142. The van der Waals surface area contributed by atoms with E-state index in [1.165, 1.54) is 0 Å². The van der Waals surface area contributed by atoms with E-state index in [0.717, 1.165) is 48.6 Å². The quantitative estimate of drug-likeness (QED) is 0.803. The number of halogens is 1. The van der Waals surface area contributed by atoms with E-state index in [4.69, 9.17) is 26.1 Å². The fraction of sp³-hybridized carbons (Fsp3) is 0.562. The molecule has 2 aromatic rings. The molecule has 2 atom stereocenters. The van der Waals surface area contributed by atoms with Crippen molar-refractivity contribution in [2.45, 2.75) is 44.2 Å². The largest absolute Gasteiger partial charge is 0.494 e. The van der Waals surface area contributed by atoms with E-state index in [-0.39, 0.29) is 11.0 Å². The lowest BCUT2D eigenvalue weighted by Gasteiger charge is -2.25. The summed E-state index contributed by atoms with van der Waals surface area (Å²) < 4.78 is 13.5. The first-order valence-corrected chi connectivity index (χ1v) is 7.79. The SMILES string of the molecule is COc1cccc2c1nc(C(C)Cl)n2CC1(C)CCCO1. The van der Waals surface area contributed by atoms with E-state index in [0.29, 0.717) is 0 Å². The Bertz CT molecular complexity index is 645. The molecule has 1 fully saturated rings. The molecular weight excluding hydrogens is 288 g/mol. The Labute approximate surface area is 130 Å². The standard InChI is InChI=1S/C16H21ClN2O2/c1-11(17)15-18-14-12(6-4-7-13(14)20-3)19(15)10-16(2)8-5-9-21-16/h4,6-7,11H,5,8-10H2,1-3H3. The maximum atomic E-state index is 6.34. The number of hydrogen-bond acceptors (Lipinski definition) is 3. The number of para-hydroxylation sites is 1. The van der Waals surface area contributed by atoms with Crippen LogP contribution in [0.5, 0.6) is 5.75 Å². The maximum Gasteiger partial charge on any atom is 0.146 e. The van der Waals surface area contributed by atoms with Crippen molar-refractivity contribution in [2.75, 3.05) is 13.7 Å². The number of hydrogen-bond donors (Lipinski definition) is 0. The van der Waals surface area contributed by atoms with Gasteiger partial charge < -0.3 is 14.0 Å². The summed E-state index contributed by atoms with van der Waals surface area (Å²) in [5, 5.41) is -0.160. The predicted molar refractivity (Wildman–Crippen MR) is 84.1 cm³/mol. The Kier molecular flexibility index (Phi) is 3.84. The van der Waals surface area contributed by atoms with E-state index >= 15 is 0 Å². The Hall–Kier alpha value is -1.26. The van der Waals surface area contributed by atoms with Gasteiger partial charge in [0.25, 0.3) is 0 Å². The van der Waals surface area contributed by atoms with Gasteiger partial charge in [-0.1, -0.05) is 6.07 Å². The zero-order valence-electron chi connectivity index (χ0n) is 12.7. The lowest BCUT2D eigenvalue weighted by atomic mass is 10.0. The number of alkyl halides is 1. The van der Waals surface area contributed by atoms with E-state index in [1.807, 2.05) is 19.1 Å². The lowest BCUT2D eigenvalue weighted by molar-refractivity contribution is 0.00649. The number of imidazole rings is 1. The van der Waals surface area contributed by atoms with Crippen LogP contribution in [0, 0.1) is 0 Å². The molecule has 0 radical (unpaired) electrons. The van der Waals surface area contributed by atoms with Crippen LogP contribution >= 0.6 is 11.6 Å². The minimum atomic E-state index is -0.160. The summed E-state index contributed by atoms with van der Waals surface area (Å²) in [5.41, 5.74) is 1.77. The molecule has 2 heterocycles. The normalized spacial score (nSPS) is 23.6. The minimum Gasteiger partial charge on any atom is -0.494 e. The van der Waals surface area contributed by atoms with Crippen LogP contribution in [0.15, 0.2) is 18.2 Å². The van der Waals surface area contributed by atoms with Crippen molar-refractivity contribution in [1.82, 2.24) is 9.55 Å². The molecule has 3 rings (SSSR count). The van der Waals surface area contributed by atoms with E-state index in [1.54, 1.807) is 7.11 Å². The number of rotatable bonds is 4.